The Labute approximate surface area is 247 Å². The molecule has 1 aromatic heterocycles. The number of carboxylic acid groups (broad SMARTS) is 1. The zero-order valence-electron chi connectivity index (χ0n) is 23.1. The first-order valence-electron chi connectivity index (χ1n) is 13.6. The van der Waals surface area contributed by atoms with Gasteiger partial charge in [-0.25, -0.2) is 19.0 Å². The maximum Gasteiger partial charge on any atom is 0.410 e. The zero-order chi connectivity index (χ0) is 30.6. The van der Waals surface area contributed by atoms with E-state index in [-0.39, 0.29) is 24.8 Å². The summed E-state index contributed by atoms with van der Waals surface area (Å²) in [4.78, 5) is 55.2. The summed E-state index contributed by atoms with van der Waals surface area (Å²) in [6.07, 6.45) is 1.03. The zero-order valence-corrected chi connectivity index (χ0v) is 23.1. The summed E-state index contributed by atoms with van der Waals surface area (Å²) in [6, 6.07) is 18.0. The van der Waals surface area contributed by atoms with Crippen LogP contribution in [0.5, 0.6) is 0 Å². The summed E-state index contributed by atoms with van der Waals surface area (Å²) >= 11 is 0. The van der Waals surface area contributed by atoms with Gasteiger partial charge in [0.25, 0.3) is 5.91 Å². The molecule has 0 bridgehead atoms. The molecule has 4 N–H and O–H groups in total. The molecule has 3 atom stereocenters. The molecule has 2 heterocycles. The molecule has 12 nitrogen and oxygen atoms in total. The number of aromatic nitrogens is 1. The molecule has 0 radical (unpaired) electrons. The highest BCUT2D eigenvalue weighted by atomic mass is 19.1. The van der Waals surface area contributed by atoms with E-state index in [0.717, 1.165) is 11.6 Å². The number of halogens is 1. The van der Waals surface area contributed by atoms with Crippen LogP contribution in [-0.4, -0.2) is 83.3 Å². The number of nitrogens with one attached hydrogen (secondary N) is 3. The minimum atomic E-state index is -1.50. The number of amides is 3. The van der Waals surface area contributed by atoms with Crippen LogP contribution in [0.3, 0.4) is 0 Å². The van der Waals surface area contributed by atoms with Gasteiger partial charge in [0.05, 0.1) is 24.3 Å². The van der Waals surface area contributed by atoms with Crippen LogP contribution < -0.4 is 16.0 Å². The molecule has 4 rings (SSSR count). The second kappa shape index (κ2) is 15.3. The topological polar surface area (TPSA) is 159 Å². The van der Waals surface area contributed by atoms with Gasteiger partial charge in [0.1, 0.15) is 30.9 Å². The van der Waals surface area contributed by atoms with Crippen LogP contribution >= 0.6 is 0 Å². The molecule has 3 unspecified atom stereocenters. The Balaban J connectivity index is 1.29. The Morgan fingerprint density at radius 3 is 2.49 bits per heavy atom. The molecule has 1 saturated heterocycles. The Morgan fingerprint density at radius 1 is 1.02 bits per heavy atom. The van der Waals surface area contributed by atoms with E-state index in [1.54, 1.807) is 23.2 Å². The van der Waals surface area contributed by atoms with Crippen LogP contribution in [0.1, 0.15) is 22.3 Å². The third-order valence-electron chi connectivity index (χ3n) is 6.67. The van der Waals surface area contributed by atoms with E-state index in [4.69, 9.17) is 9.47 Å². The molecule has 1 aliphatic rings. The molecule has 0 aliphatic carbocycles. The summed E-state index contributed by atoms with van der Waals surface area (Å²) in [5, 5.41) is 17.3. The summed E-state index contributed by atoms with van der Waals surface area (Å²) in [7, 11) is 0. The number of likely N-dealkylation sites (tertiary alicyclic amines) is 1. The van der Waals surface area contributed by atoms with Crippen molar-refractivity contribution in [2.45, 2.75) is 31.2 Å². The summed E-state index contributed by atoms with van der Waals surface area (Å²) in [5.41, 5.74) is 0.524. The third-order valence-corrected chi connectivity index (χ3v) is 6.67. The lowest BCUT2D eigenvalue weighted by molar-refractivity contribution is -0.139. The number of anilines is 1. The second-order valence-corrected chi connectivity index (χ2v) is 9.76. The summed E-state index contributed by atoms with van der Waals surface area (Å²) < 4.78 is 25.2. The Bertz CT molecular complexity index is 1400. The number of carbonyl (C=O) groups is 4. The van der Waals surface area contributed by atoms with Crippen molar-refractivity contribution in [1.82, 2.24) is 20.5 Å². The number of pyridine rings is 1. The standard InChI is InChI=1S/C30H32FN5O7/c31-24-11-5-4-10-23(24)28(38)35-25(29(39)40)16-34-27(37)19-42-22-14-21(15-33-26-12-6-7-13-32-26)36(17-22)30(41)43-18-20-8-2-1-3-9-20/h1-13,21-22,25H,14-19H2,(H,32,33)(H,34,37)(H,35,38)(H,39,40). The number of aliphatic carboxylic acids is 1. The van der Waals surface area contributed by atoms with Crippen LogP contribution in [0.2, 0.25) is 0 Å². The van der Waals surface area contributed by atoms with Crippen molar-refractivity contribution < 1.29 is 38.1 Å². The van der Waals surface area contributed by atoms with E-state index in [1.165, 1.54) is 18.2 Å². The van der Waals surface area contributed by atoms with Crippen molar-refractivity contribution in [2.24, 2.45) is 0 Å². The largest absolute Gasteiger partial charge is 0.480 e. The highest BCUT2D eigenvalue weighted by Crippen LogP contribution is 2.22. The molecular formula is C30H32FN5O7. The normalized spacial score (nSPS) is 16.6. The molecule has 0 spiro atoms. The molecule has 43 heavy (non-hydrogen) atoms. The van der Waals surface area contributed by atoms with Crippen molar-refractivity contribution in [1.29, 1.82) is 0 Å². The van der Waals surface area contributed by atoms with Crippen LogP contribution in [-0.2, 0) is 25.7 Å². The molecule has 1 aliphatic heterocycles. The molecule has 13 heteroatoms. The van der Waals surface area contributed by atoms with Gasteiger partial charge in [-0.1, -0.05) is 48.5 Å². The number of carbonyl (C=O) groups excluding carboxylic acids is 3. The van der Waals surface area contributed by atoms with Gasteiger partial charge >= 0.3 is 12.1 Å². The van der Waals surface area contributed by atoms with Gasteiger partial charge < -0.3 is 35.4 Å². The Kier molecular flexibility index (Phi) is 11.0. The smallest absolute Gasteiger partial charge is 0.410 e. The van der Waals surface area contributed by atoms with Crippen molar-refractivity contribution in [2.75, 3.05) is 31.6 Å². The van der Waals surface area contributed by atoms with Gasteiger partial charge in [-0.2, -0.15) is 0 Å². The van der Waals surface area contributed by atoms with E-state index >= 15 is 0 Å². The molecule has 2 aromatic carbocycles. The van der Waals surface area contributed by atoms with Crippen molar-refractivity contribution in [3.8, 4) is 0 Å². The average Bonchev–Trinajstić information content (AvgIpc) is 3.44. The first-order valence-corrected chi connectivity index (χ1v) is 13.6. The predicted octanol–water partition coefficient (Wildman–Crippen LogP) is 2.43. The van der Waals surface area contributed by atoms with Crippen molar-refractivity contribution in [3.63, 3.8) is 0 Å². The van der Waals surface area contributed by atoms with E-state index in [0.29, 0.717) is 18.8 Å². The highest BCUT2D eigenvalue weighted by Gasteiger charge is 2.37. The van der Waals surface area contributed by atoms with Gasteiger partial charge in [0, 0.05) is 19.3 Å². The van der Waals surface area contributed by atoms with Crippen molar-refractivity contribution >= 4 is 29.7 Å². The summed E-state index contributed by atoms with van der Waals surface area (Å²) in [5.74, 6) is -3.12. The third kappa shape index (κ3) is 9.23. The second-order valence-electron chi connectivity index (χ2n) is 9.76. The maximum absolute atomic E-state index is 13.9. The minimum Gasteiger partial charge on any atom is -0.480 e. The van der Waals surface area contributed by atoms with Crippen LogP contribution in [0.4, 0.5) is 15.0 Å². The first-order chi connectivity index (χ1) is 20.8. The molecule has 3 aromatic rings. The van der Waals surface area contributed by atoms with E-state index in [2.05, 4.69) is 20.9 Å². The number of carboxylic acids is 1. The number of rotatable bonds is 13. The number of hydrogen-bond donors (Lipinski definition) is 4. The van der Waals surface area contributed by atoms with Crippen molar-refractivity contribution in [3.05, 3.63) is 95.9 Å². The van der Waals surface area contributed by atoms with Crippen LogP contribution in [0.25, 0.3) is 0 Å². The molecule has 0 saturated carbocycles. The number of benzene rings is 2. The molecular weight excluding hydrogens is 561 g/mol. The lowest BCUT2D eigenvalue weighted by atomic mass is 10.2. The Hall–Kier alpha value is -5.04. The first kappa shape index (κ1) is 30.9. The molecule has 1 fully saturated rings. The quantitative estimate of drug-likeness (QED) is 0.234. The van der Waals surface area contributed by atoms with E-state index in [9.17, 15) is 28.7 Å². The number of nitrogens with zero attached hydrogens (tertiary/aromatic N) is 2. The van der Waals surface area contributed by atoms with E-state index < -0.39 is 55.0 Å². The van der Waals surface area contributed by atoms with Gasteiger partial charge in [0.15, 0.2) is 0 Å². The fourth-order valence-electron chi connectivity index (χ4n) is 4.45. The van der Waals surface area contributed by atoms with E-state index in [1.807, 2.05) is 36.4 Å². The van der Waals surface area contributed by atoms with Gasteiger partial charge in [0.2, 0.25) is 5.91 Å². The number of ether oxygens (including phenoxy) is 2. The monoisotopic (exact) mass is 593 g/mol. The maximum atomic E-state index is 13.9. The lowest BCUT2D eigenvalue weighted by Gasteiger charge is -2.24. The Morgan fingerprint density at radius 2 is 1.77 bits per heavy atom. The predicted molar refractivity (Wildman–Crippen MR) is 153 cm³/mol. The molecule has 226 valence electrons. The van der Waals surface area contributed by atoms with Gasteiger partial charge in [-0.05, 0) is 36.2 Å². The molecule has 3 amide bonds. The minimum absolute atomic E-state index is 0.0999. The van der Waals surface area contributed by atoms with Crippen LogP contribution in [0, 0.1) is 5.82 Å². The highest BCUT2D eigenvalue weighted by molar-refractivity contribution is 5.97. The van der Waals surface area contributed by atoms with Crippen LogP contribution in [0.15, 0.2) is 79.0 Å². The fourth-order valence-corrected chi connectivity index (χ4v) is 4.45. The SMILES string of the molecule is O=C(COC1CC(CNc2ccccn2)N(C(=O)OCc2ccccc2)C1)NCC(NC(=O)c1ccccc1F)C(=O)O. The van der Waals surface area contributed by atoms with Gasteiger partial charge in [-0.15, -0.1) is 0 Å². The fraction of sp³-hybridized carbons (Fsp3) is 0.300. The lowest BCUT2D eigenvalue weighted by Crippen LogP contribution is -2.49. The van der Waals surface area contributed by atoms with Gasteiger partial charge in [-0.3, -0.25) is 9.59 Å². The average molecular weight is 594 g/mol. The number of hydrogen-bond acceptors (Lipinski definition) is 8. The summed E-state index contributed by atoms with van der Waals surface area (Å²) in [6.45, 7) is -0.220.